The van der Waals surface area contributed by atoms with Crippen molar-refractivity contribution in [2.24, 2.45) is 23.0 Å². The fourth-order valence-electron chi connectivity index (χ4n) is 4.51. The number of piperidine rings is 1. The molecule has 1 aromatic heterocycles. The van der Waals surface area contributed by atoms with E-state index in [1.807, 2.05) is 0 Å². The molecule has 0 radical (unpaired) electrons. The van der Waals surface area contributed by atoms with E-state index in [2.05, 4.69) is 24.1 Å². The van der Waals surface area contributed by atoms with Crippen LogP contribution < -0.4 is 11.1 Å². The van der Waals surface area contributed by atoms with Crippen LogP contribution in [-0.4, -0.2) is 40.7 Å². The highest BCUT2D eigenvalue weighted by molar-refractivity contribution is 6.39. The number of carbonyl (C=O) groups is 3. The minimum atomic E-state index is -0.707. The van der Waals surface area contributed by atoms with Crippen molar-refractivity contribution < 1.29 is 14.4 Å². The van der Waals surface area contributed by atoms with Crippen LogP contribution in [-0.2, 0) is 9.59 Å². The molecular formula is C19H26N4O3. The van der Waals surface area contributed by atoms with E-state index in [-0.39, 0.29) is 11.3 Å². The minimum absolute atomic E-state index is 0.181. The number of nitrogens with zero attached hydrogens (tertiary/aromatic N) is 2. The molecule has 1 saturated heterocycles. The summed E-state index contributed by atoms with van der Waals surface area (Å²) in [5.41, 5.74) is 5.98. The van der Waals surface area contributed by atoms with Gasteiger partial charge in [0.25, 0.3) is 0 Å². The Kier molecular flexibility index (Phi) is 4.98. The van der Waals surface area contributed by atoms with Crippen molar-refractivity contribution in [2.75, 3.05) is 18.4 Å². The van der Waals surface area contributed by atoms with E-state index < -0.39 is 17.7 Å². The summed E-state index contributed by atoms with van der Waals surface area (Å²) in [4.78, 5) is 41.6. The molecule has 0 bridgehead atoms. The number of primary amides is 1. The molecule has 1 aromatic rings. The van der Waals surface area contributed by atoms with E-state index in [0.29, 0.717) is 30.3 Å². The standard InChI is InChI=1S/C19H26N4O3/c1-19(2)6-3-4-12-11-23(7-5-15(12)19)18(26)17(25)22-14-8-13(16(20)24)9-21-10-14/h8-10,12,15H,3-7,11H2,1-2H3,(H2,20,24)(H,22,25)/t12-,15-/m1/s1. The lowest BCUT2D eigenvalue weighted by atomic mass is 9.61. The van der Waals surface area contributed by atoms with Gasteiger partial charge in [0.2, 0.25) is 5.91 Å². The van der Waals surface area contributed by atoms with Crippen LogP contribution in [0.1, 0.15) is 49.9 Å². The molecule has 7 heteroatoms. The Labute approximate surface area is 153 Å². The number of fused-ring (bicyclic) bond motifs is 1. The molecule has 2 aliphatic rings. The van der Waals surface area contributed by atoms with Gasteiger partial charge in [0.1, 0.15) is 0 Å². The fourth-order valence-corrected chi connectivity index (χ4v) is 4.51. The third kappa shape index (κ3) is 3.71. The second-order valence-corrected chi connectivity index (χ2v) is 8.07. The number of hydrogen-bond acceptors (Lipinski definition) is 4. The quantitative estimate of drug-likeness (QED) is 0.786. The summed E-state index contributed by atoms with van der Waals surface area (Å²) in [6.45, 7) is 5.87. The second kappa shape index (κ2) is 7.05. The average molecular weight is 358 g/mol. The first kappa shape index (κ1) is 18.4. The van der Waals surface area contributed by atoms with Crippen molar-refractivity contribution in [2.45, 2.75) is 39.5 Å². The average Bonchev–Trinajstić information content (AvgIpc) is 2.60. The van der Waals surface area contributed by atoms with Crippen LogP contribution >= 0.6 is 0 Å². The maximum atomic E-state index is 12.6. The van der Waals surface area contributed by atoms with E-state index in [1.54, 1.807) is 4.90 Å². The molecule has 3 N–H and O–H groups in total. The van der Waals surface area contributed by atoms with Crippen LogP contribution in [0.25, 0.3) is 0 Å². The molecule has 0 spiro atoms. The summed E-state index contributed by atoms with van der Waals surface area (Å²) >= 11 is 0. The molecule has 1 aliphatic heterocycles. The van der Waals surface area contributed by atoms with E-state index in [4.69, 9.17) is 5.73 Å². The lowest BCUT2D eigenvalue weighted by Crippen LogP contribution is -2.51. The van der Waals surface area contributed by atoms with Crippen LogP contribution in [0.4, 0.5) is 5.69 Å². The maximum Gasteiger partial charge on any atom is 0.313 e. The molecule has 7 nitrogen and oxygen atoms in total. The minimum Gasteiger partial charge on any atom is -0.366 e. The summed E-state index contributed by atoms with van der Waals surface area (Å²) in [7, 11) is 0. The first-order valence-electron chi connectivity index (χ1n) is 9.13. The molecule has 1 saturated carbocycles. The number of carbonyl (C=O) groups excluding carboxylic acids is 3. The SMILES string of the molecule is CC1(C)CCC[C@@H]2CN(C(=O)C(=O)Nc3cncc(C(N)=O)c3)CC[C@H]21. The van der Waals surface area contributed by atoms with Gasteiger partial charge in [-0.15, -0.1) is 0 Å². The summed E-state index contributed by atoms with van der Waals surface area (Å²) in [5, 5.41) is 2.52. The Morgan fingerprint density at radius 3 is 2.77 bits per heavy atom. The molecule has 26 heavy (non-hydrogen) atoms. The monoisotopic (exact) mass is 358 g/mol. The zero-order chi connectivity index (χ0) is 18.9. The first-order valence-corrected chi connectivity index (χ1v) is 9.13. The van der Waals surface area contributed by atoms with Gasteiger partial charge in [0, 0.05) is 19.3 Å². The highest BCUT2D eigenvalue weighted by atomic mass is 16.2. The normalized spacial score (nSPS) is 24.5. The van der Waals surface area contributed by atoms with Crippen molar-refractivity contribution in [3.05, 3.63) is 24.0 Å². The number of pyridine rings is 1. The van der Waals surface area contributed by atoms with Crippen LogP contribution in [0.2, 0.25) is 0 Å². The van der Waals surface area contributed by atoms with Gasteiger partial charge in [-0.05, 0) is 42.6 Å². The van der Waals surface area contributed by atoms with Gasteiger partial charge in [0.15, 0.2) is 0 Å². The van der Waals surface area contributed by atoms with Gasteiger partial charge in [-0.25, -0.2) is 0 Å². The number of amides is 3. The zero-order valence-electron chi connectivity index (χ0n) is 15.3. The third-order valence-corrected chi connectivity index (χ3v) is 5.90. The molecular weight excluding hydrogens is 332 g/mol. The Morgan fingerprint density at radius 2 is 2.04 bits per heavy atom. The summed E-state index contributed by atoms with van der Waals surface area (Å²) < 4.78 is 0. The molecule has 3 rings (SSSR count). The van der Waals surface area contributed by atoms with Gasteiger partial charge in [-0.3, -0.25) is 19.4 Å². The van der Waals surface area contributed by atoms with Gasteiger partial charge >= 0.3 is 11.8 Å². The molecule has 1 aliphatic carbocycles. The van der Waals surface area contributed by atoms with Crippen molar-refractivity contribution in [3.8, 4) is 0 Å². The van der Waals surface area contributed by atoms with E-state index >= 15 is 0 Å². The molecule has 3 amide bonds. The number of nitrogens with two attached hydrogens (primary N) is 1. The Bertz CT molecular complexity index is 731. The predicted molar refractivity (Wildman–Crippen MR) is 97.2 cm³/mol. The molecule has 2 fully saturated rings. The van der Waals surface area contributed by atoms with Gasteiger partial charge < -0.3 is 16.0 Å². The summed E-state index contributed by atoms with van der Waals surface area (Å²) in [6.07, 6.45) is 7.15. The van der Waals surface area contributed by atoms with Crippen molar-refractivity contribution >= 4 is 23.4 Å². The highest BCUT2D eigenvalue weighted by Gasteiger charge is 2.43. The van der Waals surface area contributed by atoms with E-state index in [1.165, 1.54) is 31.3 Å². The number of aromatic nitrogens is 1. The topological polar surface area (TPSA) is 105 Å². The van der Waals surface area contributed by atoms with Crippen molar-refractivity contribution in [1.82, 2.24) is 9.88 Å². The molecule has 0 aromatic carbocycles. The first-order chi connectivity index (χ1) is 12.3. The number of likely N-dealkylation sites (tertiary alicyclic amines) is 1. The lowest BCUT2D eigenvalue weighted by Gasteiger charge is -2.49. The smallest absolute Gasteiger partial charge is 0.313 e. The van der Waals surface area contributed by atoms with Crippen LogP contribution in [0.15, 0.2) is 18.5 Å². The molecule has 2 atom stereocenters. The molecule has 0 unspecified atom stereocenters. The Morgan fingerprint density at radius 1 is 1.27 bits per heavy atom. The van der Waals surface area contributed by atoms with Crippen molar-refractivity contribution in [3.63, 3.8) is 0 Å². The largest absolute Gasteiger partial charge is 0.366 e. The molecule has 140 valence electrons. The fraction of sp³-hybridized carbons (Fsp3) is 0.579. The van der Waals surface area contributed by atoms with Gasteiger partial charge in [-0.1, -0.05) is 20.3 Å². The lowest BCUT2D eigenvalue weighted by molar-refractivity contribution is -0.146. The van der Waals surface area contributed by atoms with Gasteiger partial charge in [0.05, 0.1) is 17.4 Å². The van der Waals surface area contributed by atoms with Crippen LogP contribution in [0.3, 0.4) is 0 Å². The van der Waals surface area contributed by atoms with E-state index in [9.17, 15) is 14.4 Å². The predicted octanol–water partition coefficient (Wildman–Crippen LogP) is 1.79. The Balaban J connectivity index is 1.63. The number of anilines is 1. The van der Waals surface area contributed by atoms with Crippen LogP contribution in [0.5, 0.6) is 0 Å². The Hall–Kier alpha value is -2.44. The number of hydrogen-bond donors (Lipinski definition) is 2. The van der Waals surface area contributed by atoms with Crippen LogP contribution in [0, 0.1) is 17.3 Å². The van der Waals surface area contributed by atoms with Gasteiger partial charge in [-0.2, -0.15) is 0 Å². The third-order valence-electron chi connectivity index (χ3n) is 5.90. The maximum absolute atomic E-state index is 12.6. The second-order valence-electron chi connectivity index (χ2n) is 8.07. The number of rotatable bonds is 2. The summed E-state index contributed by atoms with van der Waals surface area (Å²) in [6, 6.07) is 1.41. The number of nitrogens with one attached hydrogen (secondary N) is 1. The zero-order valence-corrected chi connectivity index (χ0v) is 15.3. The summed E-state index contributed by atoms with van der Waals surface area (Å²) in [5.74, 6) is -0.802. The molecule has 2 heterocycles. The highest BCUT2D eigenvalue weighted by Crippen LogP contribution is 2.47. The van der Waals surface area contributed by atoms with E-state index in [0.717, 1.165) is 12.8 Å². The van der Waals surface area contributed by atoms with Crippen molar-refractivity contribution in [1.29, 1.82) is 0 Å².